The summed E-state index contributed by atoms with van der Waals surface area (Å²) in [5.74, 6) is -3.20. The minimum absolute atomic E-state index is 0.117. The molecule has 2 aliphatic heterocycles. The number of carbonyl (C=O) groups is 3. The summed E-state index contributed by atoms with van der Waals surface area (Å²) in [6.07, 6.45) is 0.221. The minimum atomic E-state index is -1.30. The molecule has 0 aromatic carbocycles. The summed E-state index contributed by atoms with van der Waals surface area (Å²) in [5, 5.41) is 11.0. The smallest absolute Gasteiger partial charge is 0.341 e. The predicted molar refractivity (Wildman–Crippen MR) is 103 cm³/mol. The van der Waals surface area contributed by atoms with E-state index in [4.69, 9.17) is 18.9 Å². The van der Waals surface area contributed by atoms with Crippen molar-refractivity contribution in [2.24, 2.45) is 11.8 Å². The van der Waals surface area contributed by atoms with Crippen molar-refractivity contribution in [3.8, 4) is 0 Å². The lowest BCUT2D eigenvalue weighted by molar-refractivity contribution is -0.172. The first kappa shape index (κ1) is 20.8. The summed E-state index contributed by atoms with van der Waals surface area (Å²) in [6.45, 7) is 11.9. The van der Waals surface area contributed by atoms with Crippen LogP contribution in [0.4, 0.5) is 0 Å². The van der Waals surface area contributed by atoms with E-state index in [-0.39, 0.29) is 11.7 Å². The van der Waals surface area contributed by atoms with E-state index in [0.717, 1.165) is 0 Å². The minimum Gasteiger partial charge on any atom is -0.457 e. The molecule has 2 heterocycles. The van der Waals surface area contributed by atoms with Crippen molar-refractivity contribution in [1.82, 2.24) is 0 Å². The maximum absolute atomic E-state index is 12.9. The topological polar surface area (TPSA) is 112 Å². The Morgan fingerprint density at radius 1 is 1.27 bits per heavy atom. The Balaban J connectivity index is 1.83. The number of epoxide rings is 1. The Morgan fingerprint density at radius 2 is 1.90 bits per heavy atom. The molecule has 0 aromatic heterocycles. The second-order valence-electron chi connectivity index (χ2n) is 8.86. The summed E-state index contributed by atoms with van der Waals surface area (Å²) < 4.78 is 22.4. The molecule has 2 fully saturated rings. The molecule has 8 unspecified atom stereocenters. The van der Waals surface area contributed by atoms with Gasteiger partial charge in [0.2, 0.25) is 0 Å². The van der Waals surface area contributed by atoms with Crippen LogP contribution < -0.4 is 0 Å². The Hall–Kier alpha value is -2.45. The van der Waals surface area contributed by atoms with Gasteiger partial charge >= 0.3 is 17.9 Å². The van der Waals surface area contributed by atoms with Crippen LogP contribution in [0.5, 0.6) is 0 Å². The first-order valence-electron chi connectivity index (χ1n) is 9.96. The third-order valence-corrected chi connectivity index (χ3v) is 6.77. The summed E-state index contributed by atoms with van der Waals surface area (Å²) in [4.78, 5) is 37.2. The molecule has 2 saturated heterocycles. The van der Waals surface area contributed by atoms with Gasteiger partial charge < -0.3 is 24.1 Å². The van der Waals surface area contributed by atoms with Gasteiger partial charge in [0.05, 0.1) is 23.5 Å². The van der Waals surface area contributed by atoms with E-state index in [1.807, 2.05) is 0 Å². The number of aliphatic hydroxyl groups is 1. The molecular weight excluding hydrogens is 392 g/mol. The van der Waals surface area contributed by atoms with Crippen molar-refractivity contribution in [2.45, 2.75) is 70.2 Å². The summed E-state index contributed by atoms with van der Waals surface area (Å²) in [5.41, 5.74) is -0.966. The molecule has 0 amide bonds. The molecule has 0 aromatic rings. The van der Waals surface area contributed by atoms with Crippen molar-refractivity contribution in [3.63, 3.8) is 0 Å². The van der Waals surface area contributed by atoms with Gasteiger partial charge in [0.1, 0.15) is 6.10 Å². The molecule has 0 saturated carbocycles. The Kier molecular flexibility index (Phi) is 4.52. The van der Waals surface area contributed by atoms with Crippen LogP contribution in [0.3, 0.4) is 0 Å². The quantitative estimate of drug-likeness (QED) is 0.317. The molecule has 2 aliphatic carbocycles. The average molecular weight is 418 g/mol. The number of ether oxygens (including phenoxy) is 4. The first-order chi connectivity index (χ1) is 13.9. The standard InChI is InChI=1S/C22H26O8/c1-9-13-7-8-21(5,26)15(13)17-14(10(2)19(24)28-17)18(27-12(4)23)16(9)29-20(25)22(6)11(3)30-22/h7-8,11,14-18,26H,2H2,1,3-6H3. The van der Waals surface area contributed by atoms with Crippen LogP contribution in [-0.4, -0.2) is 58.6 Å². The molecule has 8 heteroatoms. The van der Waals surface area contributed by atoms with Crippen LogP contribution >= 0.6 is 0 Å². The molecule has 162 valence electrons. The van der Waals surface area contributed by atoms with Crippen molar-refractivity contribution in [1.29, 1.82) is 0 Å². The monoisotopic (exact) mass is 418 g/mol. The highest BCUT2D eigenvalue weighted by Gasteiger charge is 2.62. The highest BCUT2D eigenvalue weighted by molar-refractivity contribution is 5.91. The Labute approximate surface area is 174 Å². The molecule has 0 bridgehead atoms. The van der Waals surface area contributed by atoms with Crippen molar-refractivity contribution in [3.05, 3.63) is 35.5 Å². The molecule has 0 spiro atoms. The normalized spacial score (nSPS) is 44.2. The van der Waals surface area contributed by atoms with E-state index in [9.17, 15) is 19.5 Å². The lowest BCUT2D eigenvalue weighted by atomic mass is 9.78. The maximum Gasteiger partial charge on any atom is 0.341 e. The number of fused-ring (bicyclic) bond motifs is 3. The molecule has 4 rings (SSSR count). The van der Waals surface area contributed by atoms with Crippen LogP contribution in [0, 0.1) is 11.8 Å². The van der Waals surface area contributed by atoms with Gasteiger partial charge in [-0.1, -0.05) is 18.7 Å². The lowest BCUT2D eigenvalue weighted by Gasteiger charge is -2.34. The molecule has 4 aliphatic rings. The zero-order valence-corrected chi connectivity index (χ0v) is 17.6. The fourth-order valence-corrected chi connectivity index (χ4v) is 4.80. The molecule has 30 heavy (non-hydrogen) atoms. The average Bonchev–Trinajstić information content (AvgIpc) is 3.02. The van der Waals surface area contributed by atoms with E-state index < -0.39 is 59.3 Å². The third-order valence-electron chi connectivity index (χ3n) is 6.77. The zero-order valence-electron chi connectivity index (χ0n) is 17.6. The van der Waals surface area contributed by atoms with Crippen molar-refractivity contribution in [2.75, 3.05) is 0 Å². The van der Waals surface area contributed by atoms with Gasteiger partial charge in [0, 0.05) is 12.5 Å². The summed E-state index contributed by atoms with van der Waals surface area (Å²) >= 11 is 0. The Morgan fingerprint density at radius 3 is 2.47 bits per heavy atom. The lowest BCUT2D eigenvalue weighted by Crippen LogP contribution is -2.47. The first-order valence-corrected chi connectivity index (χ1v) is 9.96. The van der Waals surface area contributed by atoms with Crippen LogP contribution in [0.15, 0.2) is 35.5 Å². The fraction of sp³-hybridized carbons (Fsp3) is 0.591. The highest BCUT2D eigenvalue weighted by atomic mass is 16.7. The van der Waals surface area contributed by atoms with Gasteiger partial charge in [-0.3, -0.25) is 4.79 Å². The SMILES string of the molecule is C=C1C(=O)OC2C1C(OC(C)=O)C(OC(=O)C1(C)OC1C)C(C)=C1C=CC(C)(O)C12. The van der Waals surface area contributed by atoms with Crippen LogP contribution in [0.1, 0.15) is 34.6 Å². The van der Waals surface area contributed by atoms with E-state index in [1.165, 1.54) is 6.92 Å². The van der Waals surface area contributed by atoms with Gasteiger partial charge in [0.15, 0.2) is 17.8 Å². The maximum atomic E-state index is 12.9. The third kappa shape index (κ3) is 2.93. The van der Waals surface area contributed by atoms with Crippen LogP contribution in [-0.2, 0) is 33.3 Å². The van der Waals surface area contributed by atoms with E-state index in [0.29, 0.717) is 11.1 Å². The largest absolute Gasteiger partial charge is 0.457 e. The van der Waals surface area contributed by atoms with Gasteiger partial charge in [-0.25, -0.2) is 9.59 Å². The summed E-state index contributed by atoms with van der Waals surface area (Å²) in [6, 6.07) is 0. The number of rotatable bonds is 3. The van der Waals surface area contributed by atoms with Crippen molar-refractivity contribution >= 4 is 17.9 Å². The van der Waals surface area contributed by atoms with Crippen molar-refractivity contribution < 1.29 is 38.4 Å². The van der Waals surface area contributed by atoms with Crippen LogP contribution in [0.25, 0.3) is 0 Å². The number of hydrogen-bond acceptors (Lipinski definition) is 8. The molecule has 1 N–H and O–H groups in total. The zero-order chi connectivity index (χ0) is 22.2. The van der Waals surface area contributed by atoms with E-state index in [1.54, 1.807) is 39.8 Å². The molecule has 8 atom stereocenters. The van der Waals surface area contributed by atoms with Gasteiger partial charge in [-0.2, -0.15) is 0 Å². The second kappa shape index (κ2) is 6.52. The fourth-order valence-electron chi connectivity index (χ4n) is 4.80. The molecular formula is C22H26O8. The van der Waals surface area contributed by atoms with Gasteiger partial charge in [0.25, 0.3) is 0 Å². The second-order valence-corrected chi connectivity index (χ2v) is 8.86. The van der Waals surface area contributed by atoms with E-state index >= 15 is 0 Å². The number of carbonyl (C=O) groups excluding carboxylic acids is 3. The Bertz CT molecular complexity index is 912. The predicted octanol–water partition coefficient (Wildman–Crippen LogP) is 1.37. The van der Waals surface area contributed by atoms with E-state index in [2.05, 4.69) is 6.58 Å². The number of allylic oxidation sites excluding steroid dienone is 1. The van der Waals surface area contributed by atoms with Gasteiger partial charge in [-0.05, 0) is 38.8 Å². The van der Waals surface area contributed by atoms with Gasteiger partial charge in [-0.15, -0.1) is 0 Å². The number of esters is 3. The number of hydrogen-bond donors (Lipinski definition) is 1. The summed E-state index contributed by atoms with van der Waals surface area (Å²) in [7, 11) is 0. The van der Waals surface area contributed by atoms with Crippen LogP contribution in [0.2, 0.25) is 0 Å². The molecule has 8 nitrogen and oxygen atoms in total. The molecule has 0 radical (unpaired) electrons. The highest BCUT2D eigenvalue weighted by Crippen LogP contribution is 2.51.